The summed E-state index contributed by atoms with van der Waals surface area (Å²) in [5, 5.41) is 11.2. The first kappa shape index (κ1) is 7.73. The van der Waals surface area contributed by atoms with Crippen LogP contribution >= 0.6 is 0 Å². The molecule has 2 unspecified atom stereocenters. The van der Waals surface area contributed by atoms with Crippen molar-refractivity contribution in [2.24, 2.45) is 4.99 Å². The van der Waals surface area contributed by atoms with E-state index in [0.29, 0.717) is 0 Å². The molecule has 10 heavy (non-hydrogen) atoms. The Balaban J connectivity index is 2.39. The molecule has 0 aromatic rings. The van der Waals surface area contributed by atoms with E-state index in [1.165, 1.54) is 6.42 Å². The van der Waals surface area contributed by atoms with Crippen molar-refractivity contribution in [1.82, 2.24) is 0 Å². The highest BCUT2D eigenvalue weighted by Crippen LogP contribution is 2.18. The lowest BCUT2D eigenvalue weighted by atomic mass is 9.93. The molecule has 1 fully saturated rings. The zero-order valence-electron chi connectivity index (χ0n) is 6.42. The van der Waals surface area contributed by atoms with E-state index in [2.05, 4.69) is 4.99 Å². The minimum Gasteiger partial charge on any atom is -0.850 e. The highest BCUT2D eigenvalue weighted by atomic mass is 16.3. The van der Waals surface area contributed by atoms with Crippen LogP contribution in [0.1, 0.15) is 32.6 Å². The van der Waals surface area contributed by atoms with Crippen molar-refractivity contribution in [1.29, 1.82) is 0 Å². The predicted octanol–water partition coefficient (Wildman–Crippen LogP) is 0.749. The summed E-state index contributed by atoms with van der Waals surface area (Å²) in [5.74, 6) is 0. The number of aliphatic imine (C=N–C) groups is 1. The molecule has 0 saturated heterocycles. The monoisotopic (exact) mass is 140 g/mol. The molecule has 1 aliphatic carbocycles. The predicted molar refractivity (Wildman–Crippen MR) is 40.2 cm³/mol. The molecule has 0 radical (unpaired) electrons. The molecule has 0 spiro atoms. The zero-order valence-corrected chi connectivity index (χ0v) is 6.42. The molecule has 0 heterocycles. The normalized spacial score (nSPS) is 35.0. The minimum absolute atomic E-state index is 0.0822. The first-order valence-corrected chi connectivity index (χ1v) is 3.98. The van der Waals surface area contributed by atoms with Gasteiger partial charge in [-0.1, -0.05) is 19.3 Å². The van der Waals surface area contributed by atoms with Gasteiger partial charge in [0.25, 0.3) is 0 Å². The fourth-order valence-corrected chi connectivity index (χ4v) is 1.44. The number of rotatable bonds is 1. The third kappa shape index (κ3) is 1.81. The summed E-state index contributed by atoms with van der Waals surface area (Å²) < 4.78 is 0. The van der Waals surface area contributed by atoms with Gasteiger partial charge in [0, 0.05) is 6.04 Å². The van der Waals surface area contributed by atoms with E-state index < -0.39 is 6.10 Å². The van der Waals surface area contributed by atoms with Crippen LogP contribution in [0.3, 0.4) is 0 Å². The second kappa shape index (κ2) is 3.71. The van der Waals surface area contributed by atoms with Gasteiger partial charge in [0.05, 0.1) is 0 Å². The van der Waals surface area contributed by atoms with E-state index in [4.69, 9.17) is 0 Å². The smallest absolute Gasteiger partial charge is 0.0371 e. The van der Waals surface area contributed by atoms with Gasteiger partial charge in [-0.05, 0) is 19.6 Å². The first-order valence-electron chi connectivity index (χ1n) is 3.98. The first-order chi connectivity index (χ1) is 4.84. The Morgan fingerprint density at radius 3 is 2.70 bits per heavy atom. The summed E-state index contributed by atoms with van der Waals surface area (Å²) in [5.41, 5.74) is 0. The highest BCUT2D eigenvalue weighted by molar-refractivity contribution is 5.53. The van der Waals surface area contributed by atoms with Crippen LogP contribution in [-0.2, 0) is 0 Å². The van der Waals surface area contributed by atoms with Gasteiger partial charge in [0.15, 0.2) is 0 Å². The Kier molecular flexibility index (Phi) is 2.87. The van der Waals surface area contributed by atoms with E-state index in [1.807, 2.05) is 6.92 Å². The van der Waals surface area contributed by atoms with Gasteiger partial charge < -0.3 is 5.11 Å². The van der Waals surface area contributed by atoms with Gasteiger partial charge >= 0.3 is 0 Å². The summed E-state index contributed by atoms with van der Waals surface area (Å²) in [7, 11) is 0. The van der Waals surface area contributed by atoms with Gasteiger partial charge in [0.1, 0.15) is 0 Å². The third-order valence-electron chi connectivity index (χ3n) is 2.01. The third-order valence-corrected chi connectivity index (χ3v) is 2.01. The highest BCUT2D eigenvalue weighted by Gasteiger charge is 2.13. The van der Waals surface area contributed by atoms with Crippen molar-refractivity contribution in [2.75, 3.05) is 0 Å². The summed E-state index contributed by atoms with van der Waals surface area (Å²) >= 11 is 0. The number of hydrogen-bond donors (Lipinski definition) is 0. The van der Waals surface area contributed by atoms with E-state index in [1.54, 1.807) is 6.21 Å². The SMILES string of the molecule is CC=NC1CCCCC1[O-]. The molecule has 0 aromatic carbocycles. The Morgan fingerprint density at radius 2 is 2.10 bits per heavy atom. The quantitative estimate of drug-likeness (QED) is 0.495. The maximum Gasteiger partial charge on any atom is 0.0371 e. The van der Waals surface area contributed by atoms with Crippen LogP contribution in [0, 0.1) is 0 Å². The van der Waals surface area contributed by atoms with Crippen molar-refractivity contribution >= 4 is 6.21 Å². The molecule has 2 atom stereocenters. The second-order valence-electron chi connectivity index (χ2n) is 2.80. The topological polar surface area (TPSA) is 35.4 Å². The molecule has 1 aliphatic rings. The zero-order chi connectivity index (χ0) is 7.40. The molecule has 1 rings (SSSR count). The Labute approximate surface area is 62.0 Å². The number of hydrogen-bond acceptors (Lipinski definition) is 2. The Bertz CT molecular complexity index is 122. The van der Waals surface area contributed by atoms with Crippen LogP contribution in [-0.4, -0.2) is 18.4 Å². The van der Waals surface area contributed by atoms with E-state index >= 15 is 0 Å². The molecule has 0 bridgehead atoms. The fourth-order valence-electron chi connectivity index (χ4n) is 1.44. The van der Waals surface area contributed by atoms with Gasteiger partial charge in [0.2, 0.25) is 0 Å². The summed E-state index contributed by atoms with van der Waals surface area (Å²) in [4.78, 5) is 4.13. The van der Waals surface area contributed by atoms with Crippen LogP contribution < -0.4 is 5.11 Å². The van der Waals surface area contributed by atoms with Crippen LogP contribution in [0.25, 0.3) is 0 Å². The van der Waals surface area contributed by atoms with E-state index in [0.717, 1.165) is 19.3 Å². The second-order valence-corrected chi connectivity index (χ2v) is 2.80. The molecule has 58 valence electrons. The Hall–Kier alpha value is -0.370. The molecule has 1 saturated carbocycles. The van der Waals surface area contributed by atoms with Crippen LogP contribution in [0.4, 0.5) is 0 Å². The van der Waals surface area contributed by atoms with Crippen molar-refractivity contribution < 1.29 is 5.11 Å². The molecule has 0 N–H and O–H groups in total. The molecular formula is C8H14NO-. The largest absolute Gasteiger partial charge is 0.850 e. The Morgan fingerprint density at radius 1 is 1.40 bits per heavy atom. The van der Waals surface area contributed by atoms with Gasteiger partial charge in [-0.2, -0.15) is 0 Å². The lowest BCUT2D eigenvalue weighted by molar-refractivity contribution is -0.428. The van der Waals surface area contributed by atoms with Gasteiger partial charge in [-0.15, -0.1) is 6.10 Å². The standard InChI is InChI=1S/C8H14NO/c1-2-9-7-5-3-4-6-8(7)10/h2,7-8H,3-6H2,1H3/q-1. The maximum atomic E-state index is 11.2. The maximum absolute atomic E-state index is 11.2. The summed E-state index contributed by atoms with van der Waals surface area (Å²) in [6, 6.07) is 0.0822. The molecule has 0 aromatic heterocycles. The minimum atomic E-state index is -0.426. The molecule has 2 heteroatoms. The van der Waals surface area contributed by atoms with Crippen LogP contribution in [0.15, 0.2) is 4.99 Å². The average molecular weight is 140 g/mol. The fraction of sp³-hybridized carbons (Fsp3) is 0.875. The molecule has 0 aliphatic heterocycles. The number of nitrogens with zero attached hydrogens (tertiary/aromatic N) is 1. The van der Waals surface area contributed by atoms with Gasteiger partial charge in [-0.3, -0.25) is 4.99 Å². The average Bonchev–Trinajstić information content (AvgIpc) is 1.94. The van der Waals surface area contributed by atoms with Crippen LogP contribution in [0.2, 0.25) is 0 Å². The van der Waals surface area contributed by atoms with Gasteiger partial charge in [-0.25, -0.2) is 0 Å². The molecule has 2 nitrogen and oxygen atoms in total. The lowest BCUT2D eigenvalue weighted by Crippen LogP contribution is -2.39. The van der Waals surface area contributed by atoms with Crippen molar-refractivity contribution in [3.8, 4) is 0 Å². The van der Waals surface area contributed by atoms with E-state index in [-0.39, 0.29) is 6.04 Å². The summed E-state index contributed by atoms with van der Waals surface area (Å²) in [6.45, 7) is 1.88. The van der Waals surface area contributed by atoms with Crippen molar-refractivity contribution in [3.05, 3.63) is 0 Å². The molecular weight excluding hydrogens is 126 g/mol. The summed E-state index contributed by atoms with van der Waals surface area (Å²) in [6.07, 6.45) is 5.43. The van der Waals surface area contributed by atoms with Crippen molar-refractivity contribution in [3.63, 3.8) is 0 Å². The van der Waals surface area contributed by atoms with Crippen LogP contribution in [0.5, 0.6) is 0 Å². The lowest BCUT2D eigenvalue weighted by Gasteiger charge is -2.33. The van der Waals surface area contributed by atoms with Crippen molar-refractivity contribution in [2.45, 2.75) is 44.8 Å². The van der Waals surface area contributed by atoms with E-state index in [9.17, 15) is 5.11 Å². The molecule has 0 amide bonds.